The molecule has 2 aromatic heterocycles. The van der Waals surface area contributed by atoms with Crippen molar-refractivity contribution >= 4 is 30.0 Å². The van der Waals surface area contributed by atoms with Gasteiger partial charge in [0.05, 0.1) is 17.3 Å². The number of rotatable bonds is 4. The van der Waals surface area contributed by atoms with Crippen LogP contribution in [0.2, 0.25) is 19.6 Å². The fourth-order valence-electron chi connectivity index (χ4n) is 4.91. The summed E-state index contributed by atoms with van der Waals surface area (Å²) in [7, 11) is -2.91. The van der Waals surface area contributed by atoms with Crippen LogP contribution in [0.3, 0.4) is 0 Å². The maximum atomic E-state index is 15.9. The van der Waals surface area contributed by atoms with E-state index in [4.69, 9.17) is 4.42 Å². The predicted octanol–water partition coefficient (Wildman–Crippen LogP) is 9.45. The van der Waals surface area contributed by atoms with E-state index < -0.39 is 19.0 Å². The molecule has 3 nitrogen and oxygen atoms in total. The molecular weight excluding hydrogens is 494 g/mol. The maximum Gasteiger partial charge on any atom is 0.253 e. The highest BCUT2D eigenvalue weighted by Gasteiger charge is 2.48. The lowest BCUT2D eigenvalue weighted by Gasteiger charge is -2.34. The van der Waals surface area contributed by atoms with E-state index in [0.717, 1.165) is 21.9 Å². The highest BCUT2D eigenvalue weighted by atomic mass is 28.3. The Bertz CT molecular complexity index is 1720. The first-order chi connectivity index (χ1) is 17.8. The first-order valence-corrected chi connectivity index (χ1v) is 16.2. The predicted molar refractivity (Wildman–Crippen MR) is 153 cm³/mol. The summed E-state index contributed by atoms with van der Waals surface area (Å²) in [5, 5.41) is 11.5. The molecule has 0 atom stereocenters. The fourth-order valence-corrected chi connectivity index (χ4v) is 5.93. The number of pyridine rings is 1. The van der Waals surface area contributed by atoms with Gasteiger partial charge in [0.15, 0.2) is 0 Å². The average Bonchev–Trinajstić information content (AvgIpc) is 3.26. The molecule has 0 aliphatic heterocycles. The molecule has 3 aromatic carbocycles. The van der Waals surface area contributed by atoms with E-state index in [1.807, 2.05) is 75.4 Å². The number of para-hydroxylation sites is 1. The van der Waals surface area contributed by atoms with Crippen LogP contribution in [0, 0.1) is 11.3 Å². The van der Waals surface area contributed by atoms with Crippen molar-refractivity contribution in [3.63, 3.8) is 0 Å². The number of fused-ring (bicyclic) bond motifs is 3. The number of aromatic nitrogens is 1. The van der Waals surface area contributed by atoms with E-state index in [1.54, 1.807) is 38.0 Å². The number of nitriles is 1. The number of hydrogen-bond donors (Lipinski definition) is 0. The number of alkyl halides is 2. The molecule has 0 aliphatic rings. The Hall–Kier alpha value is -3.82. The van der Waals surface area contributed by atoms with Gasteiger partial charge >= 0.3 is 0 Å². The van der Waals surface area contributed by atoms with Crippen molar-refractivity contribution < 1.29 is 13.2 Å². The second-order valence-electron chi connectivity index (χ2n) is 11.8. The zero-order valence-electron chi connectivity index (χ0n) is 22.5. The molecule has 0 radical (unpaired) electrons. The fraction of sp³-hybridized carbons (Fsp3) is 0.250. The zero-order valence-corrected chi connectivity index (χ0v) is 23.5. The second-order valence-corrected chi connectivity index (χ2v) is 16.9. The summed E-state index contributed by atoms with van der Waals surface area (Å²) in [6.45, 7) is 10.9. The number of furan rings is 1. The Morgan fingerprint density at radius 2 is 1.53 bits per heavy atom. The molecule has 0 fully saturated rings. The average molecular weight is 525 g/mol. The minimum atomic E-state index is -2.95. The SMILES string of the molecule is CC(C)(C)c1cnc(-c2cccc3c2oc2c(-c4ccccc4)c(C#N)ccc23)cc1C(F)(F)[Si](C)(C)C. The molecule has 38 heavy (non-hydrogen) atoms. The van der Waals surface area contributed by atoms with Crippen LogP contribution in [0.1, 0.15) is 37.5 Å². The van der Waals surface area contributed by atoms with Gasteiger partial charge in [-0.2, -0.15) is 5.26 Å². The van der Waals surface area contributed by atoms with Gasteiger partial charge in [0.1, 0.15) is 19.2 Å². The molecule has 5 aromatic rings. The van der Waals surface area contributed by atoms with Gasteiger partial charge in [-0.1, -0.05) is 82.9 Å². The first kappa shape index (κ1) is 25.8. The summed E-state index contributed by atoms with van der Waals surface area (Å²) in [6, 6.07) is 22.9. The molecule has 0 aliphatic carbocycles. The number of nitrogens with zero attached hydrogens (tertiary/aromatic N) is 2. The van der Waals surface area contributed by atoms with E-state index in [0.29, 0.717) is 33.6 Å². The molecule has 0 saturated carbocycles. The van der Waals surface area contributed by atoms with Gasteiger partial charge < -0.3 is 4.42 Å². The van der Waals surface area contributed by atoms with Gasteiger partial charge in [0.2, 0.25) is 0 Å². The minimum absolute atomic E-state index is 0.0408. The van der Waals surface area contributed by atoms with Crippen molar-refractivity contribution in [2.24, 2.45) is 0 Å². The monoisotopic (exact) mass is 524 g/mol. The van der Waals surface area contributed by atoms with Gasteiger partial charge in [-0.05, 0) is 40.8 Å². The Kier molecular flexibility index (Phi) is 6.04. The molecule has 0 saturated heterocycles. The largest absolute Gasteiger partial charge is 0.455 e. The summed E-state index contributed by atoms with van der Waals surface area (Å²) in [5.74, 6) is 0. The van der Waals surface area contributed by atoms with Gasteiger partial charge in [-0.15, -0.1) is 0 Å². The van der Waals surface area contributed by atoms with Crippen molar-refractivity contribution in [1.29, 1.82) is 5.26 Å². The normalized spacial score (nSPS) is 12.7. The third-order valence-corrected chi connectivity index (χ3v) is 9.27. The molecule has 0 spiro atoms. The first-order valence-electron chi connectivity index (χ1n) is 12.7. The third kappa shape index (κ3) is 4.12. The van der Waals surface area contributed by atoms with E-state index in [9.17, 15) is 5.26 Å². The molecule has 0 bridgehead atoms. The summed E-state index contributed by atoms with van der Waals surface area (Å²) in [5.41, 5.74) is 1.50. The lowest BCUT2D eigenvalue weighted by molar-refractivity contribution is 0.0773. The van der Waals surface area contributed by atoms with E-state index >= 15 is 8.78 Å². The molecule has 5 rings (SSSR count). The molecular formula is C32H30F2N2OSi. The second kappa shape index (κ2) is 8.89. The zero-order chi connectivity index (χ0) is 27.5. The van der Waals surface area contributed by atoms with Crippen molar-refractivity contribution in [3.8, 4) is 28.5 Å². The lowest BCUT2D eigenvalue weighted by Crippen LogP contribution is -2.44. The van der Waals surface area contributed by atoms with Gasteiger partial charge in [-0.3, -0.25) is 4.98 Å². The van der Waals surface area contributed by atoms with Crippen LogP contribution in [-0.4, -0.2) is 13.1 Å². The topological polar surface area (TPSA) is 49.8 Å². The summed E-state index contributed by atoms with van der Waals surface area (Å²) < 4.78 is 38.4. The smallest absolute Gasteiger partial charge is 0.253 e. The van der Waals surface area contributed by atoms with Gasteiger partial charge in [0.25, 0.3) is 5.55 Å². The molecule has 0 N–H and O–H groups in total. The Labute approximate surface area is 222 Å². The highest BCUT2D eigenvalue weighted by Crippen LogP contribution is 2.45. The van der Waals surface area contributed by atoms with Gasteiger partial charge in [0, 0.05) is 33.7 Å². The van der Waals surface area contributed by atoms with Crippen LogP contribution in [0.15, 0.2) is 77.3 Å². The lowest BCUT2D eigenvalue weighted by atomic mass is 9.84. The molecule has 6 heteroatoms. The van der Waals surface area contributed by atoms with Crippen LogP contribution in [0.25, 0.3) is 44.3 Å². The molecule has 192 valence electrons. The van der Waals surface area contributed by atoms with Crippen molar-refractivity contribution in [2.45, 2.75) is 51.4 Å². The van der Waals surface area contributed by atoms with Crippen LogP contribution in [0.4, 0.5) is 8.78 Å². The molecule has 2 heterocycles. The van der Waals surface area contributed by atoms with E-state index in [-0.39, 0.29) is 5.56 Å². The summed E-state index contributed by atoms with van der Waals surface area (Å²) in [6.07, 6.45) is 1.60. The number of hydrogen-bond acceptors (Lipinski definition) is 3. The number of halogens is 2. The Morgan fingerprint density at radius 3 is 2.16 bits per heavy atom. The number of benzene rings is 3. The molecule has 0 amide bonds. The van der Waals surface area contributed by atoms with Crippen LogP contribution in [-0.2, 0) is 11.0 Å². The van der Waals surface area contributed by atoms with Gasteiger partial charge in [-0.25, -0.2) is 8.78 Å². The summed E-state index contributed by atoms with van der Waals surface area (Å²) >= 11 is 0. The van der Waals surface area contributed by atoms with Crippen LogP contribution < -0.4 is 0 Å². The van der Waals surface area contributed by atoms with Crippen LogP contribution >= 0.6 is 0 Å². The van der Waals surface area contributed by atoms with Crippen molar-refractivity contribution in [1.82, 2.24) is 4.98 Å². The Balaban J connectivity index is 1.81. The standard InChI is InChI=1S/C32H30F2N2OSi/c1-31(2,3)26-19-36-27(17-25(26)32(33,34)38(4,5)6)24-14-10-13-22-23-16-15-21(18-35)28(30(23)37-29(22)24)20-11-8-7-9-12-20/h7-17,19H,1-6H3. The summed E-state index contributed by atoms with van der Waals surface area (Å²) in [4.78, 5) is 4.68. The van der Waals surface area contributed by atoms with Crippen molar-refractivity contribution in [2.75, 3.05) is 0 Å². The van der Waals surface area contributed by atoms with Crippen molar-refractivity contribution in [3.05, 3.63) is 89.6 Å². The maximum absolute atomic E-state index is 15.9. The van der Waals surface area contributed by atoms with E-state index in [2.05, 4.69) is 11.1 Å². The molecule has 0 unspecified atom stereocenters. The highest BCUT2D eigenvalue weighted by molar-refractivity contribution is 6.78. The third-order valence-electron chi connectivity index (χ3n) is 7.12. The van der Waals surface area contributed by atoms with Crippen LogP contribution in [0.5, 0.6) is 0 Å². The van der Waals surface area contributed by atoms with E-state index in [1.165, 1.54) is 0 Å². The quantitative estimate of drug-likeness (QED) is 0.220. The minimum Gasteiger partial charge on any atom is -0.455 e. The Morgan fingerprint density at radius 1 is 0.842 bits per heavy atom.